The summed E-state index contributed by atoms with van der Waals surface area (Å²) < 4.78 is 5.97. The van der Waals surface area contributed by atoms with Crippen LogP contribution in [0, 0.1) is 6.92 Å². The summed E-state index contributed by atoms with van der Waals surface area (Å²) in [5.41, 5.74) is 8.66. The summed E-state index contributed by atoms with van der Waals surface area (Å²) in [6.07, 6.45) is 1.25. The van der Waals surface area contributed by atoms with Crippen molar-refractivity contribution in [1.29, 1.82) is 0 Å². The van der Waals surface area contributed by atoms with Crippen molar-refractivity contribution in [1.82, 2.24) is 9.88 Å². The number of nitrogen functional groups attached to an aromatic ring is 1. The Kier molecular flexibility index (Phi) is 4.06. The average molecular weight is 283 g/mol. The van der Waals surface area contributed by atoms with Crippen molar-refractivity contribution in [2.45, 2.75) is 26.0 Å². The minimum absolute atomic E-state index is 0.212. The fraction of sp³-hybridized carbons (Fsp3) is 0.353. The van der Waals surface area contributed by atoms with Crippen molar-refractivity contribution in [2.24, 2.45) is 0 Å². The smallest absolute Gasteiger partial charge is 0.213 e. The van der Waals surface area contributed by atoms with Gasteiger partial charge in [0.15, 0.2) is 0 Å². The molecule has 110 valence electrons. The van der Waals surface area contributed by atoms with E-state index in [-0.39, 0.29) is 6.10 Å². The molecule has 0 spiro atoms. The van der Waals surface area contributed by atoms with Crippen LogP contribution in [0.2, 0.25) is 0 Å². The molecule has 0 radical (unpaired) electrons. The van der Waals surface area contributed by atoms with Gasteiger partial charge in [-0.25, -0.2) is 4.98 Å². The SMILES string of the molecule is Cc1nc(OC2CCN(Cc3ccccc3)C2)ccc1N. The van der Waals surface area contributed by atoms with Gasteiger partial charge in [-0.1, -0.05) is 30.3 Å². The third-order valence-electron chi connectivity index (χ3n) is 3.87. The predicted molar refractivity (Wildman–Crippen MR) is 84.1 cm³/mol. The number of aromatic nitrogens is 1. The molecule has 21 heavy (non-hydrogen) atoms. The highest BCUT2D eigenvalue weighted by molar-refractivity contribution is 5.43. The van der Waals surface area contributed by atoms with Crippen molar-refractivity contribution in [3.05, 3.63) is 53.7 Å². The summed E-state index contributed by atoms with van der Waals surface area (Å²) in [6.45, 7) is 4.89. The summed E-state index contributed by atoms with van der Waals surface area (Å²) in [5, 5.41) is 0. The molecule has 2 heterocycles. The number of likely N-dealkylation sites (tertiary alicyclic amines) is 1. The summed E-state index contributed by atoms with van der Waals surface area (Å²) >= 11 is 0. The second-order valence-electron chi connectivity index (χ2n) is 5.57. The van der Waals surface area contributed by atoms with Crippen LogP contribution in [-0.4, -0.2) is 29.1 Å². The standard InChI is InChI=1S/C17H21N3O/c1-13-16(18)7-8-17(19-13)21-15-9-10-20(12-15)11-14-5-3-2-4-6-14/h2-8,15H,9-12,18H2,1H3. The quantitative estimate of drug-likeness (QED) is 0.937. The molecule has 1 saturated heterocycles. The van der Waals surface area contributed by atoms with Crippen molar-refractivity contribution < 1.29 is 4.74 Å². The molecule has 1 aromatic carbocycles. The van der Waals surface area contributed by atoms with E-state index in [1.165, 1.54) is 5.56 Å². The maximum Gasteiger partial charge on any atom is 0.213 e. The van der Waals surface area contributed by atoms with Crippen molar-refractivity contribution in [3.63, 3.8) is 0 Å². The van der Waals surface area contributed by atoms with E-state index in [0.717, 1.165) is 31.7 Å². The van der Waals surface area contributed by atoms with Crippen LogP contribution in [0.5, 0.6) is 5.88 Å². The number of rotatable bonds is 4. The lowest BCUT2D eigenvalue weighted by molar-refractivity contribution is 0.191. The van der Waals surface area contributed by atoms with Gasteiger partial charge in [-0.15, -0.1) is 0 Å². The molecule has 1 aliphatic heterocycles. The van der Waals surface area contributed by atoms with Gasteiger partial charge in [-0.05, 0) is 25.0 Å². The molecule has 4 heteroatoms. The molecule has 0 bridgehead atoms. The molecule has 4 nitrogen and oxygen atoms in total. The molecule has 0 aliphatic carbocycles. The van der Waals surface area contributed by atoms with Crippen LogP contribution in [-0.2, 0) is 6.54 Å². The molecule has 1 fully saturated rings. The topological polar surface area (TPSA) is 51.4 Å². The maximum absolute atomic E-state index is 5.97. The van der Waals surface area contributed by atoms with Gasteiger partial charge in [0.1, 0.15) is 6.10 Å². The number of hydrogen-bond acceptors (Lipinski definition) is 4. The summed E-state index contributed by atoms with van der Waals surface area (Å²) in [6, 6.07) is 14.3. The fourth-order valence-corrected chi connectivity index (χ4v) is 2.66. The summed E-state index contributed by atoms with van der Waals surface area (Å²) in [7, 11) is 0. The molecular weight excluding hydrogens is 262 g/mol. The number of nitrogens with zero attached hydrogens (tertiary/aromatic N) is 2. The monoisotopic (exact) mass is 283 g/mol. The number of nitrogens with two attached hydrogens (primary N) is 1. The molecule has 0 amide bonds. The van der Waals surface area contributed by atoms with Crippen LogP contribution in [0.3, 0.4) is 0 Å². The van der Waals surface area contributed by atoms with E-state index in [1.807, 2.05) is 19.1 Å². The summed E-state index contributed by atoms with van der Waals surface area (Å²) in [5.74, 6) is 0.674. The fourth-order valence-electron chi connectivity index (χ4n) is 2.66. The van der Waals surface area contributed by atoms with E-state index in [0.29, 0.717) is 11.6 Å². The van der Waals surface area contributed by atoms with Crippen LogP contribution in [0.25, 0.3) is 0 Å². The van der Waals surface area contributed by atoms with Crippen LogP contribution >= 0.6 is 0 Å². The van der Waals surface area contributed by atoms with Crippen molar-refractivity contribution in [2.75, 3.05) is 18.8 Å². The Balaban J connectivity index is 1.56. The van der Waals surface area contributed by atoms with E-state index >= 15 is 0 Å². The Morgan fingerprint density at radius 1 is 1.24 bits per heavy atom. The first-order chi connectivity index (χ1) is 10.2. The van der Waals surface area contributed by atoms with E-state index in [4.69, 9.17) is 10.5 Å². The normalized spacial score (nSPS) is 18.8. The highest BCUT2D eigenvalue weighted by atomic mass is 16.5. The second kappa shape index (κ2) is 6.14. The number of benzene rings is 1. The van der Waals surface area contributed by atoms with Gasteiger partial charge in [-0.3, -0.25) is 4.90 Å². The first-order valence-corrected chi connectivity index (χ1v) is 7.37. The Labute approximate surface area is 125 Å². The minimum atomic E-state index is 0.212. The summed E-state index contributed by atoms with van der Waals surface area (Å²) in [4.78, 5) is 6.80. The van der Waals surface area contributed by atoms with Crippen LogP contribution in [0.1, 0.15) is 17.7 Å². The molecule has 2 N–H and O–H groups in total. The molecule has 1 aromatic heterocycles. The zero-order valence-electron chi connectivity index (χ0n) is 12.3. The van der Waals surface area contributed by atoms with Gasteiger partial charge >= 0.3 is 0 Å². The molecule has 3 rings (SSSR count). The lowest BCUT2D eigenvalue weighted by atomic mass is 10.2. The highest BCUT2D eigenvalue weighted by Crippen LogP contribution is 2.20. The molecule has 1 aliphatic rings. The van der Waals surface area contributed by atoms with E-state index in [9.17, 15) is 0 Å². The zero-order valence-corrected chi connectivity index (χ0v) is 12.3. The van der Waals surface area contributed by atoms with E-state index in [2.05, 4.69) is 40.2 Å². The molecular formula is C17H21N3O. The first kappa shape index (κ1) is 13.9. The molecule has 2 aromatic rings. The minimum Gasteiger partial charge on any atom is -0.473 e. The Bertz CT molecular complexity index is 600. The zero-order chi connectivity index (χ0) is 14.7. The third-order valence-corrected chi connectivity index (χ3v) is 3.87. The molecule has 1 unspecified atom stereocenters. The van der Waals surface area contributed by atoms with Gasteiger partial charge in [0.25, 0.3) is 0 Å². The lowest BCUT2D eigenvalue weighted by Crippen LogP contribution is -2.24. The Morgan fingerprint density at radius 3 is 2.81 bits per heavy atom. The largest absolute Gasteiger partial charge is 0.473 e. The average Bonchev–Trinajstić information content (AvgIpc) is 2.91. The van der Waals surface area contributed by atoms with Gasteiger partial charge in [0.2, 0.25) is 5.88 Å². The predicted octanol–water partition coefficient (Wildman–Crippen LogP) is 2.63. The van der Waals surface area contributed by atoms with Crippen molar-refractivity contribution >= 4 is 5.69 Å². The van der Waals surface area contributed by atoms with Crippen LogP contribution in [0.4, 0.5) is 5.69 Å². The number of aryl methyl sites for hydroxylation is 1. The molecule has 0 saturated carbocycles. The van der Waals surface area contributed by atoms with Gasteiger partial charge < -0.3 is 10.5 Å². The highest BCUT2D eigenvalue weighted by Gasteiger charge is 2.24. The number of pyridine rings is 1. The van der Waals surface area contributed by atoms with Gasteiger partial charge in [0.05, 0.1) is 11.4 Å². The van der Waals surface area contributed by atoms with Crippen LogP contribution in [0.15, 0.2) is 42.5 Å². The van der Waals surface area contributed by atoms with Gasteiger partial charge in [0, 0.05) is 25.7 Å². The second-order valence-corrected chi connectivity index (χ2v) is 5.57. The first-order valence-electron chi connectivity index (χ1n) is 7.37. The van der Waals surface area contributed by atoms with Crippen molar-refractivity contribution in [3.8, 4) is 5.88 Å². The Hall–Kier alpha value is -2.07. The maximum atomic E-state index is 5.97. The molecule has 1 atom stereocenters. The van der Waals surface area contributed by atoms with Gasteiger partial charge in [-0.2, -0.15) is 0 Å². The van der Waals surface area contributed by atoms with Crippen LogP contribution < -0.4 is 10.5 Å². The third kappa shape index (κ3) is 3.52. The number of ether oxygens (including phenoxy) is 1. The number of anilines is 1. The van der Waals surface area contributed by atoms with E-state index < -0.39 is 0 Å². The lowest BCUT2D eigenvalue weighted by Gasteiger charge is -2.17. The Morgan fingerprint density at radius 2 is 2.05 bits per heavy atom. The van der Waals surface area contributed by atoms with E-state index in [1.54, 1.807) is 0 Å². The number of hydrogen-bond donors (Lipinski definition) is 1.